The van der Waals surface area contributed by atoms with Gasteiger partial charge in [0.25, 0.3) is 0 Å². The van der Waals surface area contributed by atoms with E-state index in [0.717, 1.165) is 22.3 Å². The molecule has 0 spiro atoms. The minimum absolute atomic E-state index is 0.00407. The van der Waals surface area contributed by atoms with E-state index < -0.39 is 67.3 Å². The molecule has 15 heteroatoms. The van der Waals surface area contributed by atoms with Crippen LogP contribution < -0.4 is 5.32 Å². The van der Waals surface area contributed by atoms with Crippen LogP contribution in [0.15, 0.2) is 143 Å². The van der Waals surface area contributed by atoms with E-state index in [4.69, 9.17) is 24.5 Å². The fraction of sp³-hybridized carbons (Fsp3) is 0.378. The maximum Gasteiger partial charge on any atom is 0.306 e. The predicted octanol–water partition coefficient (Wildman–Crippen LogP) is 3.44. The van der Waals surface area contributed by atoms with Crippen molar-refractivity contribution >= 4 is 34.9 Å². The highest BCUT2D eigenvalue weighted by atomic mass is 16.6. The van der Waals surface area contributed by atoms with Crippen LogP contribution in [0.3, 0.4) is 0 Å². The molecule has 316 valence electrons. The van der Waals surface area contributed by atoms with Crippen LogP contribution in [0.5, 0.6) is 0 Å². The number of hydrogen-bond acceptors (Lipinski definition) is 15. The Morgan fingerprint density at radius 1 is 0.817 bits per heavy atom. The molecule has 15 nitrogen and oxygen atoms in total. The van der Waals surface area contributed by atoms with E-state index in [9.17, 15) is 45.0 Å². The number of ketones is 1. The van der Waals surface area contributed by atoms with Gasteiger partial charge >= 0.3 is 11.9 Å². The number of carbonyl (C=O) groups excluding carboxylic acids is 3. The Morgan fingerprint density at radius 2 is 1.47 bits per heavy atom. The summed E-state index contributed by atoms with van der Waals surface area (Å²) in [4.78, 5) is 54.5. The number of nitrogens with one attached hydrogen (secondary N) is 1. The molecular formula is C45H50N4O11. The standard InChI is InChI=1S/C45H50N4O11/c1-6-27-23(2)33-16-38-31-10-7-30(39(55)21-53)44(40(56)22-54)45(31,5)41(49-38)18-34-25(4)29(9-12-43(58)60-26(19-51)20-52)37(48-34)17-36-28(8-11-42(57)59-14-13-50)24(3)32(47-36)15-35(27)46-33/h6-7,10,15-18,26,44,49-55H,1,8-9,11-14,19-22H2,2-5H3/t44-,45+/m0/s1. The van der Waals surface area contributed by atoms with Gasteiger partial charge in [0.1, 0.15) is 31.7 Å². The molecule has 6 rings (SSSR count). The number of carbonyl (C=O) groups is 3. The van der Waals surface area contributed by atoms with Crippen LogP contribution in [0.25, 0.3) is 0 Å². The number of rotatable bonds is 15. The Kier molecular flexibility index (Phi) is 13.3. The van der Waals surface area contributed by atoms with Gasteiger partial charge in [0.2, 0.25) is 0 Å². The van der Waals surface area contributed by atoms with Crippen molar-refractivity contribution in [2.24, 2.45) is 26.3 Å². The van der Waals surface area contributed by atoms with Crippen molar-refractivity contribution in [3.05, 3.63) is 128 Å². The average Bonchev–Trinajstić information content (AvgIpc) is 3.90. The van der Waals surface area contributed by atoms with E-state index in [1.165, 1.54) is 0 Å². The zero-order valence-electron chi connectivity index (χ0n) is 34.0. The molecule has 0 amide bonds. The molecule has 7 N–H and O–H groups in total. The van der Waals surface area contributed by atoms with Gasteiger partial charge in [-0.2, -0.15) is 0 Å². The van der Waals surface area contributed by atoms with Gasteiger partial charge in [-0.1, -0.05) is 24.8 Å². The first kappa shape index (κ1) is 43.7. The number of aliphatic hydroxyl groups excluding tert-OH is 6. The van der Waals surface area contributed by atoms with Crippen LogP contribution in [-0.2, 0) is 23.9 Å². The minimum atomic E-state index is -1.23. The first-order valence-corrected chi connectivity index (χ1v) is 19.7. The summed E-state index contributed by atoms with van der Waals surface area (Å²) in [5.74, 6) is -3.28. The molecule has 0 unspecified atom stereocenters. The number of aliphatic hydroxyl groups is 6. The Morgan fingerprint density at radius 3 is 2.13 bits per heavy atom. The summed E-state index contributed by atoms with van der Waals surface area (Å²) in [6, 6.07) is 0. The second-order valence-corrected chi connectivity index (χ2v) is 15.1. The van der Waals surface area contributed by atoms with Gasteiger partial charge in [0.05, 0.1) is 60.0 Å². The Bertz CT molecular complexity index is 2340. The number of hydrogen-bond donors (Lipinski definition) is 7. The van der Waals surface area contributed by atoms with Crippen molar-refractivity contribution in [1.82, 2.24) is 5.32 Å². The summed E-state index contributed by atoms with van der Waals surface area (Å²) < 4.78 is 10.4. The molecule has 2 atom stereocenters. The van der Waals surface area contributed by atoms with Crippen LogP contribution in [-0.4, -0.2) is 111 Å². The maximum atomic E-state index is 13.8. The molecule has 6 aliphatic rings. The highest BCUT2D eigenvalue weighted by Crippen LogP contribution is 2.54. The largest absolute Gasteiger partial charge is 0.510 e. The molecule has 5 heterocycles. The van der Waals surface area contributed by atoms with Gasteiger partial charge in [-0.15, -0.1) is 0 Å². The second-order valence-electron chi connectivity index (χ2n) is 15.1. The van der Waals surface area contributed by atoms with Crippen LogP contribution >= 0.6 is 0 Å². The second kappa shape index (κ2) is 18.2. The Balaban J connectivity index is 1.60. The molecule has 60 heavy (non-hydrogen) atoms. The molecule has 0 aromatic rings. The van der Waals surface area contributed by atoms with Gasteiger partial charge in [-0.05, 0) is 98.3 Å². The first-order valence-electron chi connectivity index (χ1n) is 19.7. The van der Waals surface area contributed by atoms with E-state index in [-0.39, 0.29) is 44.5 Å². The van der Waals surface area contributed by atoms with Crippen molar-refractivity contribution in [3.63, 3.8) is 0 Å². The van der Waals surface area contributed by atoms with Crippen molar-refractivity contribution in [2.45, 2.75) is 59.5 Å². The summed E-state index contributed by atoms with van der Waals surface area (Å²) >= 11 is 0. The first-order chi connectivity index (χ1) is 28.7. The summed E-state index contributed by atoms with van der Waals surface area (Å²) in [5.41, 5.74) is 8.34. The number of aliphatic imine (C=N–C) groups is 3. The van der Waals surface area contributed by atoms with Crippen LogP contribution in [0.2, 0.25) is 0 Å². The number of esters is 2. The van der Waals surface area contributed by atoms with E-state index >= 15 is 0 Å². The fourth-order valence-corrected chi connectivity index (χ4v) is 8.28. The van der Waals surface area contributed by atoms with E-state index in [1.807, 2.05) is 39.8 Å². The molecular weight excluding hydrogens is 773 g/mol. The van der Waals surface area contributed by atoms with Crippen LogP contribution in [0, 0.1) is 11.3 Å². The lowest BCUT2D eigenvalue weighted by molar-refractivity contribution is -0.153. The predicted molar refractivity (Wildman–Crippen MR) is 223 cm³/mol. The zero-order chi connectivity index (χ0) is 43.5. The molecule has 0 saturated carbocycles. The van der Waals surface area contributed by atoms with Gasteiger partial charge in [-0.3, -0.25) is 14.4 Å². The van der Waals surface area contributed by atoms with Gasteiger partial charge in [-0.25, -0.2) is 15.0 Å². The third-order valence-corrected chi connectivity index (χ3v) is 11.6. The number of ether oxygens (including phenoxy) is 2. The maximum absolute atomic E-state index is 13.8. The number of Topliss-reactive ketones (excluding diaryl/α,β-unsaturated/α-hetero) is 1. The number of allylic oxidation sites excluding steroid dienone is 15. The van der Waals surface area contributed by atoms with E-state index in [1.54, 1.807) is 30.4 Å². The molecule has 1 aliphatic carbocycles. The lowest BCUT2D eigenvalue weighted by atomic mass is 9.62. The third kappa shape index (κ3) is 8.18. The molecule has 5 aliphatic heterocycles. The Hall–Kier alpha value is -5.84. The number of fused-ring (bicyclic) bond motifs is 7. The fourth-order valence-electron chi connectivity index (χ4n) is 8.28. The van der Waals surface area contributed by atoms with Crippen molar-refractivity contribution in [1.29, 1.82) is 0 Å². The highest BCUT2D eigenvalue weighted by Gasteiger charge is 2.52. The average molecular weight is 823 g/mol. The van der Waals surface area contributed by atoms with Crippen molar-refractivity contribution < 1.29 is 54.5 Å². The third-order valence-electron chi connectivity index (χ3n) is 11.6. The van der Waals surface area contributed by atoms with E-state index in [0.29, 0.717) is 62.3 Å². The van der Waals surface area contributed by atoms with Gasteiger partial charge in [0.15, 0.2) is 5.78 Å². The van der Waals surface area contributed by atoms with E-state index in [2.05, 4.69) is 11.9 Å². The topological polar surface area (TPSA) is 240 Å². The van der Waals surface area contributed by atoms with Crippen LogP contribution in [0.1, 0.15) is 53.4 Å². The van der Waals surface area contributed by atoms with Crippen LogP contribution in [0.4, 0.5) is 0 Å². The normalized spacial score (nSPS) is 22.8. The monoisotopic (exact) mass is 822 g/mol. The zero-order valence-corrected chi connectivity index (χ0v) is 34.0. The minimum Gasteiger partial charge on any atom is -0.510 e. The molecule has 8 bridgehead atoms. The summed E-state index contributed by atoms with van der Waals surface area (Å²) in [7, 11) is 0. The van der Waals surface area contributed by atoms with Crippen molar-refractivity contribution in [3.8, 4) is 0 Å². The lowest BCUT2D eigenvalue weighted by Gasteiger charge is -2.39. The molecule has 0 fully saturated rings. The van der Waals surface area contributed by atoms with Gasteiger partial charge in [0, 0.05) is 40.8 Å². The molecule has 0 aromatic heterocycles. The number of nitrogens with zero attached hydrogens (tertiary/aromatic N) is 3. The quantitative estimate of drug-likeness (QED) is 0.0929. The molecule has 0 radical (unpaired) electrons. The van der Waals surface area contributed by atoms with Gasteiger partial charge < -0.3 is 45.4 Å². The smallest absolute Gasteiger partial charge is 0.306 e. The summed E-state index contributed by atoms with van der Waals surface area (Å²) in [6.07, 6.45) is 11.5. The van der Waals surface area contributed by atoms with Crippen molar-refractivity contribution in [2.75, 3.05) is 39.6 Å². The lowest BCUT2D eigenvalue weighted by Crippen LogP contribution is -2.41. The Labute approximate surface area is 347 Å². The summed E-state index contributed by atoms with van der Waals surface area (Å²) in [6.45, 7) is 8.43. The SMILES string of the molecule is C=CC1=C(C)C2=CC3=C4C=CC(=C(O)CO)[C@@H](C(=O)CO)[C@@]4(C)C(=CC4=NC(=CC5=NC(=CC1=N2)C(C)=C5CCC(=O)OCCO)C(CCC(=O)OC(CO)CO)=C4C)N3. The summed E-state index contributed by atoms with van der Waals surface area (Å²) in [5, 5.41) is 62.9. The highest BCUT2D eigenvalue weighted by molar-refractivity contribution is 6.18. The molecule has 0 saturated heterocycles. The molecule has 0 aromatic carbocycles.